The van der Waals surface area contributed by atoms with Gasteiger partial charge in [-0.05, 0) is 38.6 Å². The molecule has 2 aromatic heterocycles. The number of benzene rings is 1. The first-order valence-electron chi connectivity index (χ1n) is 6.75. The summed E-state index contributed by atoms with van der Waals surface area (Å²) in [6, 6.07) is 6.34. The molecular formula is C15H19ClN4O. The molecule has 0 unspecified atom stereocenters. The van der Waals surface area contributed by atoms with Crippen molar-refractivity contribution in [2.45, 2.75) is 20.3 Å². The maximum Gasteiger partial charge on any atom is 0.274 e. The van der Waals surface area contributed by atoms with Crippen molar-refractivity contribution in [3.8, 4) is 11.6 Å². The SMILES string of the molecule is CNCCc1noc(-c2[nH]c3ccc(C)cc3c2C)n1.Cl. The Labute approximate surface area is 129 Å². The molecular weight excluding hydrogens is 288 g/mol. The molecule has 0 fully saturated rings. The third kappa shape index (κ3) is 2.94. The van der Waals surface area contributed by atoms with Crippen LogP contribution in [0.25, 0.3) is 22.5 Å². The number of likely N-dealkylation sites (N-methyl/N-ethyl adjacent to an activating group) is 1. The zero-order chi connectivity index (χ0) is 14.1. The highest BCUT2D eigenvalue weighted by Gasteiger charge is 2.15. The zero-order valence-corrected chi connectivity index (χ0v) is 13.2. The number of rotatable bonds is 4. The third-order valence-electron chi connectivity index (χ3n) is 3.49. The number of nitrogens with one attached hydrogen (secondary N) is 2. The number of hydrogen-bond acceptors (Lipinski definition) is 4. The van der Waals surface area contributed by atoms with Crippen molar-refractivity contribution >= 4 is 23.3 Å². The van der Waals surface area contributed by atoms with Crippen LogP contribution in [-0.4, -0.2) is 28.7 Å². The van der Waals surface area contributed by atoms with Crippen molar-refractivity contribution in [3.05, 3.63) is 35.2 Å². The van der Waals surface area contributed by atoms with Crippen molar-refractivity contribution < 1.29 is 4.52 Å². The van der Waals surface area contributed by atoms with Crippen LogP contribution >= 0.6 is 12.4 Å². The predicted octanol–water partition coefficient (Wildman–Crippen LogP) is 3.02. The molecule has 3 rings (SSSR count). The Balaban J connectivity index is 0.00000161. The standard InChI is InChI=1S/C15H18N4O.ClH/c1-9-4-5-12-11(8-9)10(2)14(17-12)15-18-13(19-20-15)6-7-16-3;/h4-5,8,16-17H,6-7H2,1-3H3;1H. The Morgan fingerprint density at radius 3 is 2.86 bits per heavy atom. The molecule has 0 amide bonds. The summed E-state index contributed by atoms with van der Waals surface area (Å²) in [5, 5.41) is 8.29. The molecule has 0 aliphatic heterocycles. The number of nitrogens with zero attached hydrogens (tertiary/aromatic N) is 2. The Morgan fingerprint density at radius 1 is 1.29 bits per heavy atom. The van der Waals surface area contributed by atoms with Gasteiger partial charge in [-0.3, -0.25) is 0 Å². The van der Waals surface area contributed by atoms with Crippen molar-refractivity contribution in [1.82, 2.24) is 20.4 Å². The van der Waals surface area contributed by atoms with E-state index in [4.69, 9.17) is 4.52 Å². The average molecular weight is 307 g/mol. The summed E-state index contributed by atoms with van der Waals surface area (Å²) in [6.07, 6.45) is 0.762. The molecule has 0 saturated heterocycles. The molecule has 0 radical (unpaired) electrons. The summed E-state index contributed by atoms with van der Waals surface area (Å²) in [4.78, 5) is 7.81. The van der Waals surface area contributed by atoms with E-state index in [-0.39, 0.29) is 12.4 Å². The Bertz CT molecular complexity index is 747. The van der Waals surface area contributed by atoms with Gasteiger partial charge in [-0.15, -0.1) is 12.4 Å². The summed E-state index contributed by atoms with van der Waals surface area (Å²) in [5.41, 5.74) is 4.39. The fraction of sp³-hybridized carbons (Fsp3) is 0.333. The smallest absolute Gasteiger partial charge is 0.274 e. The molecule has 0 spiro atoms. The lowest BCUT2D eigenvalue weighted by Gasteiger charge is -1.94. The Morgan fingerprint density at radius 2 is 2.10 bits per heavy atom. The number of aromatic amines is 1. The predicted molar refractivity (Wildman–Crippen MR) is 85.9 cm³/mol. The number of aromatic nitrogens is 3. The number of hydrogen-bond donors (Lipinski definition) is 2. The monoisotopic (exact) mass is 306 g/mol. The van der Waals surface area contributed by atoms with Gasteiger partial charge in [-0.25, -0.2) is 0 Å². The molecule has 1 aromatic carbocycles. The lowest BCUT2D eigenvalue weighted by atomic mass is 10.1. The molecule has 2 N–H and O–H groups in total. The molecule has 21 heavy (non-hydrogen) atoms. The molecule has 0 atom stereocenters. The van der Waals surface area contributed by atoms with Crippen LogP contribution in [0.2, 0.25) is 0 Å². The molecule has 0 aliphatic rings. The zero-order valence-electron chi connectivity index (χ0n) is 12.4. The van der Waals surface area contributed by atoms with Crippen LogP contribution < -0.4 is 5.32 Å². The fourth-order valence-corrected chi connectivity index (χ4v) is 2.35. The van der Waals surface area contributed by atoms with E-state index >= 15 is 0 Å². The maximum absolute atomic E-state index is 5.37. The summed E-state index contributed by atoms with van der Waals surface area (Å²) in [6.45, 7) is 5.00. The quantitative estimate of drug-likeness (QED) is 0.777. The maximum atomic E-state index is 5.37. The molecule has 6 heteroatoms. The molecule has 3 aromatic rings. The summed E-state index contributed by atoms with van der Waals surface area (Å²) in [5.74, 6) is 1.28. The number of fused-ring (bicyclic) bond motifs is 1. The van der Waals surface area contributed by atoms with Crippen LogP contribution in [0, 0.1) is 13.8 Å². The van der Waals surface area contributed by atoms with Gasteiger partial charge in [0.05, 0.1) is 0 Å². The minimum Gasteiger partial charge on any atom is -0.350 e. The summed E-state index contributed by atoms with van der Waals surface area (Å²) >= 11 is 0. The first-order chi connectivity index (χ1) is 9.69. The van der Waals surface area contributed by atoms with Gasteiger partial charge in [0.2, 0.25) is 0 Å². The highest BCUT2D eigenvalue weighted by Crippen LogP contribution is 2.29. The topological polar surface area (TPSA) is 66.7 Å². The van der Waals surface area contributed by atoms with Gasteiger partial charge in [-0.2, -0.15) is 4.98 Å². The van der Waals surface area contributed by atoms with Gasteiger partial charge in [0.15, 0.2) is 5.82 Å². The largest absolute Gasteiger partial charge is 0.350 e. The van der Waals surface area contributed by atoms with E-state index in [0.717, 1.165) is 35.6 Å². The number of aryl methyl sites for hydroxylation is 2. The summed E-state index contributed by atoms with van der Waals surface area (Å²) < 4.78 is 5.37. The van der Waals surface area contributed by atoms with Crippen molar-refractivity contribution in [2.75, 3.05) is 13.6 Å². The first kappa shape index (κ1) is 15.5. The van der Waals surface area contributed by atoms with Gasteiger partial charge >= 0.3 is 0 Å². The van der Waals surface area contributed by atoms with E-state index in [2.05, 4.69) is 52.5 Å². The highest BCUT2D eigenvalue weighted by molar-refractivity contribution is 5.89. The first-order valence-corrected chi connectivity index (χ1v) is 6.75. The van der Waals surface area contributed by atoms with Gasteiger partial charge < -0.3 is 14.8 Å². The second kappa shape index (κ2) is 6.28. The Hall–Kier alpha value is -1.85. The minimum atomic E-state index is 0. The van der Waals surface area contributed by atoms with Crippen molar-refractivity contribution in [1.29, 1.82) is 0 Å². The molecule has 0 saturated carbocycles. The van der Waals surface area contributed by atoms with Crippen LogP contribution in [0.15, 0.2) is 22.7 Å². The fourth-order valence-electron chi connectivity index (χ4n) is 2.35. The molecule has 2 heterocycles. The average Bonchev–Trinajstić information content (AvgIpc) is 3.02. The lowest BCUT2D eigenvalue weighted by Crippen LogP contribution is -2.11. The van der Waals surface area contributed by atoms with Gasteiger partial charge in [-0.1, -0.05) is 16.8 Å². The Kier molecular flexibility index (Phi) is 4.65. The van der Waals surface area contributed by atoms with Crippen LogP contribution in [-0.2, 0) is 6.42 Å². The molecule has 0 bridgehead atoms. The van der Waals surface area contributed by atoms with E-state index in [1.807, 2.05) is 7.05 Å². The van der Waals surface area contributed by atoms with Crippen molar-refractivity contribution in [2.24, 2.45) is 0 Å². The minimum absolute atomic E-state index is 0. The molecule has 112 valence electrons. The van der Waals surface area contributed by atoms with Crippen LogP contribution in [0.5, 0.6) is 0 Å². The van der Waals surface area contributed by atoms with E-state index in [1.54, 1.807) is 0 Å². The van der Waals surface area contributed by atoms with Crippen molar-refractivity contribution in [3.63, 3.8) is 0 Å². The number of halogens is 1. The van der Waals surface area contributed by atoms with E-state index in [9.17, 15) is 0 Å². The van der Waals surface area contributed by atoms with Gasteiger partial charge in [0, 0.05) is 23.9 Å². The lowest BCUT2D eigenvalue weighted by molar-refractivity contribution is 0.421. The van der Waals surface area contributed by atoms with Crippen LogP contribution in [0.1, 0.15) is 17.0 Å². The number of H-pyrrole nitrogens is 1. The van der Waals surface area contributed by atoms with E-state index in [0.29, 0.717) is 5.89 Å². The summed E-state index contributed by atoms with van der Waals surface area (Å²) in [7, 11) is 1.91. The van der Waals surface area contributed by atoms with Gasteiger partial charge in [0.25, 0.3) is 5.89 Å². The molecule has 5 nitrogen and oxygen atoms in total. The normalized spacial score (nSPS) is 10.8. The second-order valence-electron chi connectivity index (χ2n) is 5.04. The van der Waals surface area contributed by atoms with Crippen LogP contribution in [0.3, 0.4) is 0 Å². The second-order valence-corrected chi connectivity index (χ2v) is 5.04. The van der Waals surface area contributed by atoms with E-state index in [1.165, 1.54) is 10.9 Å². The molecule has 0 aliphatic carbocycles. The van der Waals surface area contributed by atoms with Gasteiger partial charge in [0.1, 0.15) is 5.69 Å². The van der Waals surface area contributed by atoms with Crippen LogP contribution in [0.4, 0.5) is 0 Å². The third-order valence-corrected chi connectivity index (χ3v) is 3.49. The van der Waals surface area contributed by atoms with E-state index < -0.39 is 0 Å². The highest BCUT2D eigenvalue weighted by atomic mass is 35.5.